The summed E-state index contributed by atoms with van der Waals surface area (Å²) in [6.07, 6.45) is 2.18. The van der Waals surface area contributed by atoms with Gasteiger partial charge in [-0.1, -0.05) is 59.6 Å². The van der Waals surface area contributed by atoms with Gasteiger partial charge in [-0.2, -0.15) is 5.10 Å². The third-order valence-electron chi connectivity index (χ3n) is 5.42. The van der Waals surface area contributed by atoms with Crippen molar-refractivity contribution < 1.29 is 14.4 Å². The second kappa shape index (κ2) is 10.5. The summed E-state index contributed by atoms with van der Waals surface area (Å²) in [5.74, 6) is 0.755. The predicted octanol–water partition coefficient (Wildman–Crippen LogP) is 6.19. The molecule has 0 bridgehead atoms. The van der Waals surface area contributed by atoms with Gasteiger partial charge in [0, 0.05) is 17.5 Å². The van der Waals surface area contributed by atoms with Gasteiger partial charge in [0.05, 0.1) is 38.5 Å². The Morgan fingerprint density at radius 1 is 1.06 bits per heavy atom. The average molecular weight is 541 g/mol. The van der Waals surface area contributed by atoms with Crippen LogP contribution >= 0.6 is 34.5 Å². The monoisotopic (exact) mass is 540 g/mol. The number of hydrogen-bond acceptors (Lipinski definition) is 7. The van der Waals surface area contributed by atoms with E-state index in [1.54, 1.807) is 22.9 Å². The molecule has 182 valence electrons. The van der Waals surface area contributed by atoms with E-state index < -0.39 is 4.92 Å². The van der Waals surface area contributed by atoms with Crippen LogP contribution in [0.3, 0.4) is 0 Å². The topological polar surface area (TPSA) is 91.2 Å². The highest BCUT2D eigenvalue weighted by molar-refractivity contribution is 7.07. The summed E-state index contributed by atoms with van der Waals surface area (Å²) in [6.45, 7) is 0.559. The molecule has 0 aliphatic carbocycles. The van der Waals surface area contributed by atoms with E-state index in [-0.39, 0.29) is 18.0 Å². The van der Waals surface area contributed by atoms with Crippen LogP contribution in [-0.2, 0) is 6.42 Å². The number of aromatic nitrogens is 1. The molecule has 0 fully saturated rings. The standard InChI is InChI=1S/C25H18Cl2N4O4S/c26-19-7-6-17(10-20(19)27)22-14-36-25(28-9-8-16-4-2-1-3-5-16)30(22)29-13-18-11-23-24(35-15-34-23)12-21(18)31(32)33/h1-7,10-14H,8-9,15H2. The molecule has 0 N–H and O–H groups in total. The van der Waals surface area contributed by atoms with Crippen LogP contribution in [0.1, 0.15) is 11.1 Å². The van der Waals surface area contributed by atoms with Gasteiger partial charge in [0.1, 0.15) is 0 Å². The quantitative estimate of drug-likeness (QED) is 0.159. The van der Waals surface area contributed by atoms with Crippen LogP contribution in [0, 0.1) is 10.1 Å². The number of nitro benzene ring substituents is 1. The minimum Gasteiger partial charge on any atom is -0.454 e. The van der Waals surface area contributed by atoms with E-state index in [4.69, 9.17) is 37.7 Å². The van der Waals surface area contributed by atoms with Crippen molar-refractivity contribution in [2.24, 2.45) is 10.1 Å². The molecule has 1 aliphatic rings. The van der Waals surface area contributed by atoms with Crippen LogP contribution in [-0.4, -0.2) is 29.2 Å². The van der Waals surface area contributed by atoms with Crippen LogP contribution < -0.4 is 14.3 Å². The number of fused-ring (bicyclic) bond motifs is 1. The first-order valence-electron chi connectivity index (χ1n) is 10.8. The Morgan fingerprint density at radius 3 is 2.58 bits per heavy atom. The Balaban J connectivity index is 1.56. The summed E-state index contributed by atoms with van der Waals surface area (Å²) in [4.78, 5) is 16.6. The molecule has 2 heterocycles. The van der Waals surface area contributed by atoms with Crippen molar-refractivity contribution >= 4 is 46.4 Å². The molecule has 36 heavy (non-hydrogen) atoms. The minimum absolute atomic E-state index is 0.0122. The number of benzene rings is 3. The maximum absolute atomic E-state index is 11.7. The van der Waals surface area contributed by atoms with Crippen LogP contribution in [0.5, 0.6) is 11.5 Å². The maximum atomic E-state index is 11.7. The zero-order valence-electron chi connectivity index (χ0n) is 18.6. The Morgan fingerprint density at radius 2 is 1.83 bits per heavy atom. The smallest absolute Gasteiger partial charge is 0.282 e. The molecular formula is C25H18Cl2N4O4S. The Hall–Kier alpha value is -3.66. The van der Waals surface area contributed by atoms with E-state index in [1.165, 1.54) is 29.2 Å². The Labute approximate surface area is 219 Å². The van der Waals surface area contributed by atoms with Crippen LogP contribution in [0.25, 0.3) is 11.3 Å². The lowest BCUT2D eigenvalue weighted by Crippen LogP contribution is -2.13. The first-order chi connectivity index (χ1) is 17.5. The minimum atomic E-state index is -0.480. The molecule has 3 aromatic carbocycles. The zero-order valence-corrected chi connectivity index (χ0v) is 21.0. The van der Waals surface area contributed by atoms with Crippen molar-refractivity contribution in [3.63, 3.8) is 0 Å². The van der Waals surface area contributed by atoms with Crippen molar-refractivity contribution in [1.29, 1.82) is 0 Å². The van der Waals surface area contributed by atoms with Gasteiger partial charge in [-0.25, -0.2) is 4.68 Å². The molecule has 0 spiro atoms. The maximum Gasteiger partial charge on any atom is 0.282 e. The molecule has 0 saturated heterocycles. The molecule has 5 rings (SSSR count). The number of thiazole rings is 1. The average Bonchev–Trinajstić information content (AvgIpc) is 3.51. The third kappa shape index (κ3) is 5.13. The number of nitrogens with zero attached hydrogens (tertiary/aromatic N) is 4. The van der Waals surface area contributed by atoms with E-state index in [0.29, 0.717) is 32.9 Å². The van der Waals surface area contributed by atoms with Crippen LogP contribution in [0.4, 0.5) is 5.69 Å². The van der Waals surface area contributed by atoms with Crippen molar-refractivity contribution in [3.8, 4) is 22.8 Å². The molecule has 11 heteroatoms. The van der Waals surface area contributed by atoms with E-state index in [0.717, 1.165) is 17.7 Å². The number of ether oxygens (including phenoxy) is 2. The van der Waals surface area contributed by atoms with Gasteiger partial charge < -0.3 is 9.47 Å². The highest BCUT2D eigenvalue weighted by Gasteiger charge is 2.22. The van der Waals surface area contributed by atoms with E-state index >= 15 is 0 Å². The van der Waals surface area contributed by atoms with Gasteiger partial charge in [0.25, 0.3) is 5.69 Å². The summed E-state index contributed by atoms with van der Waals surface area (Å²) >= 11 is 13.8. The summed E-state index contributed by atoms with van der Waals surface area (Å²) < 4.78 is 12.3. The molecule has 8 nitrogen and oxygen atoms in total. The summed E-state index contributed by atoms with van der Waals surface area (Å²) in [5, 5.41) is 19.0. The molecule has 1 aliphatic heterocycles. The van der Waals surface area contributed by atoms with Gasteiger partial charge in [-0.15, -0.1) is 11.3 Å². The number of nitro groups is 1. The summed E-state index contributed by atoms with van der Waals surface area (Å²) in [5.41, 5.74) is 2.81. The lowest BCUT2D eigenvalue weighted by molar-refractivity contribution is -0.385. The molecule has 0 unspecified atom stereocenters. The van der Waals surface area contributed by atoms with Gasteiger partial charge in [0.2, 0.25) is 11.6 Å². The van der Waals surface area contributed by atoms with Gasteiger partial charge in [0.15, 0.2) is 11.5 Å². The van der Waals surface area contributed by atoms with Crippen LogP contribution in [0.15, 0.2) is 76.1 Å². The molecule has 4 aromatic rings. The normalized spacial score (nSPS) is 13.0. The van der Waals surface area contributed by atoms with Crippen molar-refractivity contribution in [1.82, 2.24) is 4.68 Å². The molecule has 1 aromatic heterocycles. The Kier molecular flexibility index (Phi) is 7.04. The fourth-order valence-electron chi connectivity index (χ4n) is 3.63. The number of hydrogen-bond donors (Lipinski definition) is 0. The van der Waals surface area contributed by atoms with E-state index in [2.05, 4.69) is 17.2 Å². The highest BCUT2D eigenvalue weighted by Crippen LogP contribution is 2.37. The molecular weight excluding hydrogens is 523 g/mol. The number of halogens is 2. The summed E-state index contributed by atoms with van der Waals surface area (Å²) in [7, 11) is 0. The SMILES string of the molecule is O=[N+]([O-])c1cc2c(cc1C=Nn1c(-c3ccc(Cl)c(Cl)c3)csc1=NCCc1ccccc1)OCO2. The fraction of sp³-hybridized carbons (Fsp3) is 0.120. The van der Waals surface area contributed by atoms with Crippen molar-refractivity contribution in [2.75, 3.05) is 13.3 Å². The van der Waals surface area contributed by atoms with Gasteiger partial charge >= 0.3 is 0 Å². The second-order valence-electron chi connectivity index (χ2n) is 7.73. The first-order valence-corrected chi connectivity index (χ1v) is 12.5. The molecule has 0 atom stereocenters. The van der Waals surface area contributed by atoms with Gasteiger partial charge in [-0.05, 0) is 30.2 Å². The third-order valence-corrected chi connectivity index (χ3v) is 7.01. The van der Waals surface area contributed by atoms with E-state index in [9.17, 15) is 10.1 Å². The van der Waals surface area contributed by atoms with E-state index in [1.807, 2.05) is 29.6 Å². The number of rotatable bonds is 7. The molecule has 0 saturated carbocycles. The van der Waals surface area contributed by atoms with Gasteiger partial charge in [-0.3, -0.25) is 15.1 Å². The van der Waals surface area contributed by atoms with Crippen LogP contribution in [0.2, 0.25) is 10.0 Å². The first kappa shape index (κ1) is 24.1. The zero-order chi connectivity index (χ0) is 25.1. The largest absolute Gasteiger partial charge is 0.454 e. The highest BCUT2D eigenvalue weighted by atomic mass is 35.5. The molecule has 0 amide bonds. The predicted molar refractivity (Wildman–Crippen MR) is 141 cm³/mol. The van der Waals surface area contributed by atoms with Crippen molar-refractivity contribution in [2.45, 2.75) is 6.42 Å². The lowest BCUT2D eigenvalue weighted by atomic mass is 10.1. The summed E-state index contributed by atoms with van der Waals surface area (Å²) in [6, 6.07) is 18.2. The lowest BCUT2D eigenvalue weighted by Gasteiger charge is -2.06. The fourth-order valence-corrected chi connectivity index (χ4v) is 4.79. The Bertz CT molecular complexity index is 1530. The van der Waals surface area contributed by atoms with Crippen molar-refractivity contribution in [3.05, 3.63) is 102 Å². The molecule has 0 radical (unpaired) electrons. The second-order valence-corrected chi connectivity index (χ2v) is 9.38.